The van der Waals surface area contributed by atoms with E-state index in [1.165, 1.54) is 11.3 Å². The van der Waals surface area contributed by atoms with Crippen molar-refractivity contribution in [3.8, 4) is 10.9 Å². The number of aliphatic carboxylic acids is 1. The maximum atomic E-state index is 11.7. The smallest absolute Gasteiger partial charge is 0.303 e. The van der Waals surface area contributed by atoms with Gasteiger partial charge in [0.25, 0.3) is 5.19 Å². The molecule has 0 bridgehead atoms. The van der Waals surface area contributed by atoms with Gasteiger partial charge in [-0.05, 0) is 24.3 Å². The van der Waals surface area contributed by atoms with Crippen LogP contribution in [0, 0.1) is 0 Å². The van der Waals surface area contributed by atoms with Crippen molar-refractivity contribution in [2.24, 2.45) is 0 Å². The van der Waals surface area contributed by atoms with Crippen molar-refractivity contribution in [1.82, 2.24) is 4.98 Å². The van der Waals surface area contributed by atoms with Crippen LogP contribution in [0.3, 0.4) is 0 Å². The second-order valence-electron chi connectivity index (χ2n) is 5.02. The summed E-state index contributed by atoms with van der Waals surface area (Å²) in [7, 11) is 0. The molecule has 2 N–H and O–H groups in total. The average Bonchev–Trinajstić information content (AvgIpc) is 2.95. The lowest BCUT2D eigenvalue weighted by Gasteiger charge is -2.06. The highest BCUT2D eigenvalue weighted by Crippen LogP contribution is 2.31. The number of rotatable bonds is 6. The van der Waals surface area contributed by atoms with Gasteiger partial charge in [-0.1, -0.05) is 29.5 Å². The topological polar surface area (TPSA) is 88.5 Å². The number of thiazole rings is 1. The fraction of sp³-hybridized carbons (Fsp3) is 0.118. The number of hydrogen-bond acceptors (Lipinski definition) is 5. The van der Waals surface area contributed by atoms with Gasteiger partial charge >= 0.3 is 5.97 Å². The number of benzene rings is 2. The molecule has 0 aliphatic heterocycles. The van der Waals surface area contributed by atoms with Gasteiger partial charge in [-0.15, -0.1) is 0 Å². The van der Waals surface area contributed by atoms with Crippen LogP contribution in [-0.2, 0) is 9.59 Å². The molecular weight excluding hydrogens is 328 g/mol. The van der Waals surface area contributed by atoms with Crippen molar-refractivity contribution in [1.29, 1.82) is 0 Å². The van der Waals surface area contributed by atoms with Crippen molar-refractivity contribution >= 4 is 39.1 Å². The van der Waals surface area contributed by atoms with Crippen LogP contribution < -0.4 is 10.1 Å². The first-order valence-corrected chi connectivity index (χ1v) is 8.07. The van der Waals surface area contributed by atoms with Gasteiger partial charge in [-0.25, -0.2) is 4.98 Å². The van der Waals surface area contributed by atoms with E-state index in [1.54, 1.807) is 24.3 Å². The summed E-state index contributed by atoms with van der Waals surface area (Å²) in [5.74, 6) is -0.808. The summed E-state index contributed by atoms with van der Waals surface area (Å²) in [4.78, 5) is 26.6. The van der Waals surface area contributed by atoms with Gasteiger partial charge in [0.2, 0.25) is 5.91 Å². The van der Waals surface area contributed by atoms with Gasteiger partial charge in [-0.2, -0.15) is 0 Å². The standard InChI is InChI=1S/C17H14N2O4S/c20-15(8-9-16(21)22)18-11-4-3-5-12(10-11)23-17-19-13-6-1-2-7-14(13)24-17/h1-7,10H,8-9H2,(H,18,20)(H,21,22). The summed E-state index contributed by atoms with van der Waals surface area (Å²) in [5.41, 5.74) is 1.42. The van der Waals surface area contributed by atoms with Crippen LogP contribution in [-0.4, -0.2) is 22.0 Å². The van der Waals surface area contributed by atoms with Crippen LogP contribution in [0.15, 0.2) is 48.5 Å². The molecule has 6 nitrogen and oxygen atoms in total. The van der Waals surface area contributed by atoms with Gasteiger partial charge in [0.05, 0.1) is 16.6 Å². The zero-order valence-corrected chi connectivity index (χ0v) is 13.4. The number of carboxylic acids is 1. The Morgan fingerprint density at radius 1 is 1.12 bits per heavy atom. The van der Waals surface area contributed by atoms with E-state index < -0.39 is 5.97 Å². The Morgan fingerprint density at radius 2 is 1.96 bits per heavy atom. The van der Waals surface area contributed by atoms with E-state index in [9.17, 15) is 9.59 Å². The number of fused-ring (bicyclic) bond motifs is 1. The Balaban J connectivity index is 1.68. The zero-order valence-electron chi connectivity index (χ0n) is 12.6. The van der Waals surface area contributed by atoms with Gasteiger partial charge in [0.15, 0.2) is 0 Å². The molecule has 3 aromatic rings. The molecule has 3 rings (SSSR count). The molecule has 1 aromatic heterocycles. The fourth-order valence-electron chi connectivity index (χ4n) is 2.08. The third kappa shape index (κ3) is 4.08. The molecule has 0 unspecified atom stereocenters. The Labute approximate surface area is 141 Å². The molecule has 1 heterocycles. The monoisotopic (exact) mass is 342 g/mol. The number of carbonyl (C=O) groups is 2. The second kappa shape index (κ2) is 7.10. The van der Waals surface area contributed by atoms with Crippen molar-refractivity contribution in [2.75, 3.05) is 5.32 Å². The molecule has 0 radical (unpaired) electrons. The summed E-state index contributed by atoms with van der Waals surface area (Å²) in [6.45, 7) is 0. The molecule has 0 fully saturated rings. The molecule has 0 aliphatic rings. The highest BCUT2D eigenvalue weighted by molar-refractivity contribution is 7.20. The summed E-state index contributed by atoms with van der Waals surface area (Å²) >= 11 is 1.44. The summed E-state index contributed by atoms with van der Waals surface area (Å²) in [6, 6.07) is 14.6. The molecule has 0 atom stereocenters. The molecule has 7 heteroatoms. The first kappa shape index (κ1) is 15.9. The normalized spacial score (nSPS) is 10.5. The highest BCUT2D eigenvalue weighted by atomic mass is 32.1. The predicted molar refractivity (Wildman–Crippen MR) is 91.6 cm³/mol. The molecule has 0 spiro atoms. The van der Waals surface area contributed by atoms with Crippen molar-refractivity contribution in [3.05, 3.63) is 48.5 Å². The lowest BCUT2D eigenvalue weighted by Crippen LogP contribution is -2.13. The van der Waals surface area contributed by atoms with Gasteiger partial charge in [-0.3, -0.25) is 9.59 Å². The quantitative estimate of drug-likeness (QED) is 0.709. The summed E-state index contributed by atoms with van der Waals surface area (Å²) < 4.78 is 6.78. The third-order valence-corrected chi connectivity index (χ3v) is 4.08. The van der Waals surface area contributed by atoms with Gasteiger partial charge in [0.1, 0.15) is 5.75 Å². The number of nitrogens with zero attached hydrogens (tertiary/aromatic N) is 1. The molecule has 2 aromatic carbocycles. The summed E-state index contributed by atoms with van der Waals surface area (Å²) in [6.07, 6.45) is -0.272. The number of carbonyl (C=O) groups excluding carboxylic acids is 1. The van der Waals surface area contributed by atoms with Crippen LogP contribution in [0.5, 0.6) is 10.9 Å². The summed E-state index contributed by atoms with van der Waals surface area (Å²) in [5, 5.41) is 11.8. The second-order valence-corrected chi connectivity index (χ2v) is 6.01. The predicted octanol–water partition coefficient (Wildman–Crippen LogP) is 3.89. The Morgan fingerprint density at radius 3 is 2.75 bits per heavy atom. The molecular formula is C17H14N2O4S. The maximum Gasteiger partial charge on any atom is 0.303 e. The van der Waals surface area contributed by atoms with Crippen molar-refractivity contribution in [2.45, 2.75) is 12.8 Å². The first-order chi connectivity index (χ1) is 11.6. The van der Waals surface area contributed by atoms with Crippen LogP contribution >= 0.6 is 11.3 Å². The van der Waals surface area contributed by atoms with Crippen LogP contribution in [0.25, 0.3) is 10.2 Å². The number of ether oxygens (including phenoxy) is 1. The molecule has 1 amide bonds. The maximum absolute atomic E-state index is 11.7. The SMILES string of the molecule is O=C(O)CCC(=O)Nc1cccc(Oc2nc3ccccc3s2)c1. The largest absolute Gasteiger partial charge is 0.481 e. The Hall–Kier alpha value is -2.93. The van der Waals surface area contributed by atoms with Crippen molar-refractivity contribution < 1.29 is 19.4 Å². The van der Waals surface area contributed by atoms with E-state index in [0.29, 0.717) is 16.6 Å². The molecule has 0 saturated heterocycles. The number of nitrogens with one attached hydrogen (secondary N) is 1. The number of hydrogen-bond donors (Lipinski definition) is 2. The lowest BCUT2D eigenvalue weighted by atomic mass is 10.2. The lowest BCUT2D eigenvalue weighted by molar-refractivity contribution is -0.138. The van der Waals surface area contributed by atoms with E-state index in [0.717, 1.165) is 10.2 Å². The Kier molecular flexibility index (Phi) is 4.72. The van der Waals surface area contributed by atoms with Crippen LogP contribution in [0.2, 0.25) is 0 Å². The van der Waals surface area contributed by atoms with Crippen LogP contribution in [0.1, 0.15) is 12.8 Å². The number of aromatic nitrogens is 1. The Bertz CT molecular complexity index is 858. The molecule has 24 heavy (non-hydrogen) atoms. The van der Waals surface area contributed by atoms with Gasteiger partial charge in [0, 0.05) is 18.2 Å². The van der Waals surface area contributed by atoms with E-state index in [4.69, 9.17) is 9.84 Å². The zero-order chi connectivity index (χ0) is 16.9. The number of amides is 1. The van der Waals surface area contributed by atoms with E-state index >= 15 is 0 Å². The van der Waals surface area contributed by atoms with Crippen molar-refractivity contribution in [3.63, 3.8) is 0 Å². The molecule has 0 saturated carbocycles. The number of para-hydroxylation sites is 1. The third-order valence-electron chi connectivity index (χ3n) is 3.16. The van der Waals surface area contributed by atoms with E-state index in [2.05, 4.69) is 10.3 Å². The fourth-order valence-corrected chi connectivity index (χ4v) is 2.91. The molecule has 122 valence electrons. The van der Waals surface area contributed by atoms with E-state index in [-0.39, 0.29) is 18.7 Å². The van der Waals surface area contributed by atoms with Crippen LogP contribution in [0.4, 0.5) is 5.69 Å². The minimum atomic E-state index is -1.00. The average molecular weight is 342 g/mol. The highest BCUT2D eigenvalue weighted by Gasteiger charge is 2.08. The minimum Gasteiger partial charge on any atom is -0.481 e. The number of carboxylic acid groups (broad SMARTS) is 1. The molecule has 0 aliphatic carbocycles. The number of anilines is 1. The van der Waals surface area contributed by atoms with E-state index in [1.807, 2.05) is 24.3 Å². The first-order valence-electron chi connectivity index (χ1n) is 7.25. The minimum absolute atomic E-state index is 0.0711. The van der Waals surface area contributed by atoms with Gasteiger partial charge < -0.3 is 15.2 Å².